The summed E-state index contributed by atoms with van der Waals surface area (Å²) in [5.41, 5.74) is 0.277. The molecule has 0 bridgehead atoms. The molecule has 2 aromatic heterocycles. The Morgan fingerprint density at radius 1 is 0.784 bits per heavy atom. The number of hydrogen-bond acceptors (Lipinski definition) is 10. The van der Waals surface area contributed by atoms with Crippen LogP contribution in [0.5, 0.6) is 0 Å². The zero-order valence-electron chi connectivity index (χ0n) is 44.0. The summed E-state index contributed by atoms with van der Waals surface area (Å²) in [6.45, 7) is 19.3. The number of imide groups is 1. The number of fused-ring (bicyclic) bond motifs is 1. The summed E-state index contributed by atoms with van der Waals surface area (Å²) in [7, 11) is -2.85. The lowest BCUT2D eigenvalue weighted by molar-refractivity contribution is 0.114. The van der Waals surface area contributed by atoms with Gasteiger partial charge in [-0.25, -0.2) is 37.5 Å². The van der Waals surface area contributed by atoms with Gasteiger partial charge in [-0.3, -0.25) is 0 Å². The second-order valence-corrected chi connectivity index (χ2v) is 24.1. The lowest BCUT2D eigenvalue weighted by atomic mass is 9.99. The molecule has 1 fully saturated rings. The number of carbonyl (C=O) groups excluding carboxylic acids is 2. The summed E-state index contributed by atoms with van der Waals surface area (Å²) in [5, 5.41) is 12.4. The summed E-state index contributed by atoms with van der Waals surface area (Å²) < 4.78 is 53.7. The Kier molecular flexibility index (Phi) is 17.4. The van der Waals surface area contributed by atoms with Gasteiger partial charge in [-0.05, 0) is 96.3 Å². The van der Waals surface area contributed by atoms with Crippen molar-refractivity contribution in [1.29, 1.82) is 0 Å². The number of benzene rings is 4. The molecule has 0 aliphatic carbocycles. The minimum Gasteiger partial charge on any atom is -0.465 e. The predicted molar refractivity (Wildman–Crippen MR) is 287 cm³/mol. The van der Waals surface area contributed by atoms with Crippen molar-refractivity contribution in [3.8, 4) is 16.9 Å². The van der Waals surface area contributed by atoms with E-state index in [1.54, 1.807) is 46.4 Å². The minimum atomic E-state index is -2.85. The molecule has 1 N–H and O–H groups in total. The predicted octanol–water partition coefficient (Wildman–Crippen LogP) is 10.9. The molecule has 6 aromatic rings. The molecule has 74 heavy (non-hydrogen) atoms. The van der Waals surface area contributed by atoms with Crippen molar-refractivity contribution in [2.45, 2.75) is 107 Å². The molecule has 4 aromatic carbocycles. The van der Waals surface area contributed by atoms with E-state index in [-0.39, 0.29) is 61.6 Å². The molecule has 0 spiro atoms. The molecule has 7 rings (SSSR count). The van der Waals surface area contributed by atoms with Crippen molar-refractivity contribution in [3.05, 3.63) is 136 Å². The third-order valence-electron chi connectivity index (χ3n) is 13.1. The Bertz CT molecular complexity index is 2980. The van der Waals surface area contributed by atoms with Crippen LogP contribution in [-0.2, 0) is 26.9 Å². The summed E-state index contributed by atoms with van der Waals surface area (Å²) in [4.78, 5) is 68.2. The maximum Gasteiger partial charge on any atom is 0.424 e. The Balaban J connectivity index is 1.46. The molecule has 17 heteroatoms. The van der Waals surface area contributed by atoms with Gasteiger partial charge < -0.3 is 28.8 Å². The van der Waals surface area contributed by atoms with E-state index in [2.05, 4.69) is 43.1 Å². The maximum atomic E-state index is 17.4. The smallest absolute Gasteiger partial charge is 0.424 e. The molecule has 0 radical (unpaired) electrons. The van der Waals surface area contributed by atoms with Gasteiger partial charge >= 0.3 is 24.0 Å². The van der Waals surface area contributed by atoms with Crippen LogP contribution < -0.4 is 25.9 Å². The van der Waals surface area contributed by atoms with Crippen LogP contribution in [0.25, 0.3) is 28.0 Å². The molecule has 3 amide bonds. The standard InChI is InChI=1S/C57H68F2N6O8Si/c1-11-19-42-27-41(33-73-74(34-37(6)7,43-20-14-12-15-21-43)44-22-16-13-17-23-44)26-38(8)51(42)65-53-45(52(61-54(65)66)62-29-40(10)63(55(67)68)30-39(62)9)28-47(59)50(60-53)49-46(58)24-18-25-48(49)64(56(69)71-31-35(2)3)57(70)72-32-36(4)5/h12-18,20-28,35-37,39-40H,11,19,29-34H2,1-10H3,(H,67,68)/t39-,40+/m0/s1. The average Bonchev–Trinajstić information content (AvgIpc) is 3.35. The zero-order chi connectivity index (χ0) is 53.6. The number of ether oxygens (including phenoxy) is 2. The van der Waals surface area contributed by atoms with Crippen molar-refractivity contribution in [1.82, 2.24) is 19.4 Å². The first kappa shape index (κ1) is 54.8. The van der Waals surface area contributed by atoms with Crippen LogP contribution in [0.4, 0.5) is 34.7 Å². The fraction of sp³-hybridized carbons (Fsp3) is 0.404. The van der Waals surface area contributed by atoms with Gasteiger partial charge in [-0.15, -0.1) is 0 Å². The first-order valence-corrected chi connectivity index (χ1v) is 27.6. The molecule has 0 unspecified atom stereocenters. The van der Waals surface area contributed by atoms with E-state index in [1.807, 2.05) is 62.4 Å². The van der Waals surface area contributed by atoms with Crippen LogP contribution in [0.2, 0.25) is 6.04 Å². The summed E-state index contributed by atoms with van der Waals surface area (Å²) in [6, 6.07) is 29.2. The van der Waals surface area contributed by atoms with Gasteiger partial charge in [0.1, 0.15) is 17.3 Å². The average molecular weight is 1030 g/mol. The Labute approximate surface area is 433 Å². The fourth-order valence-corrected chi connectivity index (χ4v) is 14.1. The molecular weight excluding hydrogens is 963 g/mol. The Morgan fingerprint density at radius 2 is 1.39 bits per heavy atom. The van der Waals surface area contributed by atoms with Crippen molar-refractivity contribution >= 4 is 59.5 Å². The topological polar surface area (TPSA) is 157 Å². The highest BCUT2D eigenvalue weighted by Crippen LogP contribution is 2.39. The van der Waals surface area contributed by atoms with Crippen molar-refractivity contribution in [2.24, 2.45) is 17.8 Å². The highest BCUT2D eigenvalue weighted by atomic mass is 28.4. The van der Waals surface area contributed by atoms with E-state index >= 15 is 13.6 Å². The third kappa shape index (κ3) is 11.7. The number of carboxylic acid groups (broad SMARTS) is 1. The van der Waals surface area contributed by atoms with Gasteiger partial charge in [-0.1, -0.05) is 134 Å². The zero-order valence-corrected chi connectivity index (χ0v) is 45.0. The van der Waals surface area contributed by atoms with Crippen LogP contribution in [0.3, 0.4) is 0 Å². The minimum absolute atomic E-state index is 0.0569. The van der Waals surface area contributed by atoms with Crippen molar-refractivity contribution in [3.63, 3.8) is 0 Å². The van der Waals surface area contributed by atoms with E-state index < -0.39 is 72.9 Å². The van der Waals surface area contributed by atoms with E-state index in [0.29, 0.717) is 34.9 Å². The molecule has 1 saturated heterocycles. The number of aryl methyl sites for hydroxylation is 2. The SMILES string of the molecule is CCCc1cc(CO[Si](CC(C)C)(c2ccccc2)c2ccccc2)cc(C)c1-n1c(=O)nc(N2C[C@@H](C)N(C(=O)O)C[C@@H]2C)c2cc(F)c(-c3c(F)cccc3N(C(=O)OCC(C)C)C(=O)OCC(C)C)nc21. The van der Waals surface area contributed by atoms with Crippen molar-refractivity contribution in [2.75, 3.05) is 36.1 Å². The maximum absolute atomic E-state index is 17.4. The lowest BCUT2D eigenvalue weighted by Gasteiger charge is -2.43. The van der Waals surface area contributed by atoms with Gasteiger partial charge in [0.2, 0.25) is 0 Å². The molecule has 2 atom stereocenters. The molecule has 1 aliphatic rings. The number of amides is 3. The van der Waals surface area contributed by atoms with Crippen LogP contribution in [0.15, 0.2) is 102 Å². The first-order valence-electron chi connectivity index (χ1n) is 25.5. The van der Waals surface area contributed by atoms with Crippen LogP contribution in [0, 0.1) is 36.3 Å². The Hall–Kier alpha value is -6.98. The molecule has 0 saturated carbocycles. The largest absolute Gasteiger partial charge is 0.465 e. The van der Waals surface area contributed by atoms with E-state index in [4.69, 9.17) is 18.9 Å². The second-order valence-electron chi connectivity index (χ2n) is 20.6. The van der Waals surface area contributed by atoms with Gasteiger partial charge in [0.25, 0.3) is 8.32 Å². The van der Waals surface area contributed by atoms with Gasteiger partial charge in [-0.2, -0.15) is 9.88 Å². The first-order chi connectivity index (χ1) is 35.3. The van der Waals surface area contributed by atoms with Crippen molar-refractivity contribution < 1.29 is 42.2 Å². The quantitative estimate of drug-likeness (QED) is 0.0867. The highest BCUT2D eigenvalue weighted by Gasteiger charge is 2.41. The van der Waals surface area contributed by atoms with E-state index in [0.717, 1.165) is 39.7 Å². The number of aromatic nitrogens is 3. The van der Waals surface area contributed by atoms with Gasteiger partial charge in [0.15, 0.2) is 11.5 Å². The summed E-state index contributed by atoms with van der Waals surface area (Å²) >= 11 is 0. The highest BCUT2D eigenvalue weighted by molar-refractivity contribution is 6.97. The molecule has 3 heterocycles. The number of pyridine rings is 1. The summed E-state index contributed by atoms with van der Waals surface area (Å²) in [5.74, 6) is -1.99. The number of piperazine rings is 1. The molecule has 392 valence electrons. The number of carbonyl (C=O) groups is 3. The van der Waals surface area contributed by atoms with Gasteiger partial charge in [0.05, 0.1) is 42.1 Å². The number of anilines is 2. The molecular formula is C57H68F2N6O8Si. The Morgan fingerprint density at radius 3 is 1.95 bits per heavy atom. The van der Waals surface area contributed by atoms with Crippen LogP contribution in [0.1, 0.15) is 85.4 Å². The molecule has 1 aliphatic heterocycles. The van der Waals surface area contributed by atoms with E-state index in [1.165, 1.54) is 21.6 Å². The third-order valence-corrected chi connectivity index (χ3v) is 17.6. The normalized spacial score (nSPS) is 15.1. The second kappa shape index (κ2) is 23.5. The van der Waals surface area contributed by atoms with E-state index in [9.17, 15) is 19.5 Å². The number of hydrogen-bond donors (Lipinski definition) is 1. The van der Waals surface area contributed by atoms with Crippen LogP contribution >= 0.6 is 0 Å². The molecule has 14 nitrogen and oxygen atoms in total. The number of nitrogens with zero attached hydrogens (tertiary/aromatic N) is 6. The lowest BCUT2D eigenvalue weighted by Crippen LogP contribution is -2.61. The fourth-order valence-electron chi connectivity index (χ4n) is 9.82. The number of rotatable bonds is 17. The van der Waals surface area contributed by atoms with Crippen LogP contribution in [-0.4, -0.2) is 89.5 Å². The number of halogens is 2. The summed E-state index contributed by atoms with van der Waals surface area (Å²) in [6.07, 6.45) is -2.29. The monoisotopic (exact) mass is 1030 g/mol. The van der Waals surface area contributed by atoms with Gasteiger partial charge in [0, 0.05) is 25.2 Å².